The molecular weight excluding hydrogens is 366 g/mol. The smallest absolute Gasteiger partial charge is 0.277 e. The molecule has 6 nitrogen and oxygen atoms in total. The van der Waals surface area contributed by atoms with E-state index in [1.54, 1.807) is 12.0 Å². The molecule has 0 bridgehead atoms. The number of amides is 2. The van der Waals surface area contributed by atoms with Crippen molar-refractivity contribution in [3.8, 4) is 5.75 Å². The van der Waals surface area contributed by atoms with E-state index in [2.05, 4.69) is 5.32 Å². The van der Waals surface area contributed by atoms with Gasteiger partial charge in [-0.2, -0.15) is 0 Å². The zero-order valence-electron chi connectivity index (χ0n) is 17.8. The van der Waals surface area contributed by atoms with Gasteiger partial charge in [0, 0.05) is 13.1 Å². The van der Waals surface area contributed by atoms with Gasteiger partial charge in [0.1, 0.15) is 5.75 Å². The number of carbonyl (C=O) groups is 2. The molecule has 156 valence electrons. The van der Waals surface area contributed by atoms with Crippen LogP contribution in [0.15, 0.2) is 54.6 Å². The zero-order valence-corrected chi connectivity index (χ0v) is 17.8. The Balaban J connectivity index is 2.08. The third-order valence-electron chi connectivity index (χ3n) is 4.92. The average Bonchev–Trinajstić information content (AvgIpc) is 2.73. The summed E-state index contributed by atoms with van der Waals surface area (Å²) in [5, 5.41) is 3.12. The van der Waals surface area contributed by atoms with Crippen LogP contribution < -0.4 is 15.0 Å². The number of ether oxygens (including phenoxy) is 1. The molecule has 2 amide bonds. The summed E-state index contributed by atoms with van der Waals surface area (Å²) in [6, 6.07) is 17.3. The van der Waals surface area contributed by atoms with Crippen LogP contribution in [0.1, 0.15) is 31.0 Å². The molecule has 2 aromatic rings. The van der Waals surface area contributed by atoms with Gasteiger partial charge in [-0.25, -0.2) is 0 Å². The van der Waals surface area contributed by atoms with Crippen LogP contribution >= 0.6 is 0 Å². The molecule has 0 spiro atoms. The Kier molecular flexibility index (Phi) is 8.68. The van der Waals surface area contributed by atoms with Crippen molar-refractivity contribution in [1.82, 2.24) is 10.2 Å². The van der Waals surface area contributed by atoms with E-state index >= 15 is 0 Å². The van der Waals surface area contributed by atoms with Crippen LogP contribution in [0.2, 0.25) is 0 Å². The maximum Gasteiger partial charge on any atom is 0.277 e. The molecular formula is C23H32N3O3+. The molecule has 0 aliphatic rings. The van der Waals surface area contributed by atoms with Crippen LogP contribution in [0, 0.1) is 0 Å². The van der Waals surface area contributed by atoms with E-state index in [1.165, 1.54) is 0 Å². The van der Waals surface area contributed by atoms with Gasteiger partial charge in [0.05, 0.1) is 20.2 Å². The molecule has 2 N–H and O–H groups in total. The van der Waals surface area contributed by atoms with Crippen LogP contribution in [-0.2, 0) is 9.59 Å². The monoisotopic (exact) mass is 398 g/mol. The number of methoxy groups -OCH3 is 1. The molecule has 0 radical (unpaired) electrons. The van der Waals surface area contributed by atoms with Gasteiger partial charge < -0.3 is 19.9 Å². The Morgan fingerprint density at radius 3 is 2.10 bits per heavy atom. The highest BCUT2D eigenvalue weighted by Gasteiger charge is 2.21. The number of hydrogen-bond acceptors (Lipinski definition) is 3. The Bertz CT molecular complexity index is 774. The zero-order chi connectivity index (χ0) is 21.2. The Morgan fingerprint density at radius 1 is 0.966 bits per heavy atom. The van der Waals surface area contributed by atoms with Crippen molar-refractivity contribution < 1.29 is 19.2 Å². The molecule has 2 atom stereocenters. The summed E-state index contributed by atoms with van der Waals surface area (Å²) in [5.74, 6) is 0.737. The predicted molar refractivity (Wildman–Crippen MR) is 114 cm³/mol. The number of quaternary nitrogens is 1. The second-order valence-corrected chi connectivity index (χ2v) is 7.06. The minimum atomic E-state index is -0.263. The number of benzene rings is 2. The van der Waals surface area contributed by atoms with Crippen molar-refractivity contribution in [2.45, 2.75) is 19.9 Å². The van der Waals surface area contributed by atoms with Crippen LogP contribution in [0.5, 0.6) is 5.75 Å². The predicted octanol–water partition coefficient (Wildman–Crippen LogP) is 1.28. The van der Waals surface area contributed by atoms with Gasteiger partial charge in [0.2, 0.25) is 0 Å². The SMILES string of the molecule is CCN(CC)C(=O)C[NH+](C)CC(=O)N[C@H](c1ccccc1)c1ccc(OC)cc1. The quantitative estimate of drug-likeness (QED) is 0.634. The highest BCUT2D eigenvalue weighted by Crippen LogP contribution is 2.24. The number of carbonyl (C=O) groups excluding carboxylic acids is 2. The number of hydrogen-bond donors (Lipinski definition) is 2. The Hall–Kier alpha value is -2.86. The number of nitrogens with zero attached hydrogens (tertiary/aromatic N) is 1. The minimum absolute atomic E-state index is 0.0649. The van der Waals surface area contributed by atoms with Crippen LogP contribution in [-0.4, -0.2) is 57.1 Å². The fraction of sp³-hybridized carbons (Fsp3) is 0.391. The Labute approximate surface area is 173 Å². The van der Waals surface area contributed by atoms with Crippen LogP contribution in [0.25, 0.3) is 0 Å². The van der Waals surface area contributed by atoms with Crippen molar-refractivity contribution in [1.29, 1.82) is 0 Å². The average molecular weight is 399 g/mol. The van der Waals surface area contributed by atoms with Gasteiger partial charge in [-0.1, -0.05) is 42.5 Å². The van der Waals surface area contributed by atoms with E-state index in [0.29, 0.717) is 19.6 Å². The lowest BCUT2D eigenvalue weighted by Gasteiger charge is -2.23. The summed E-state index contributed by atoms with van der Waals surface area (Å²) in [6.07, 6.45) is 0. The molecule has 0 saturated heterocycles. The first kappa shape index (κ1) is 22.4. The summed E-state index contributed by atoms with van der Waals surface area (Å²) >= 11 is 0. The lowest BCUT2D eigenvalue weighted by Crippen LogP contribution is -3.11. The first-order valence-electron chi connectivity index (χ1n) is 10.1. The molecule has 0 fully saturated rings. The third-order valence-corrected chi connectivity index (χ3v) is 4.92. The lowest BCUT2D eigenvalue weighted by molar-refractivity contribution is -0.863. The highest BCUT2D eigenvalue weighted by molar-refractivity contribution is 5.79. The topological polar surface area (TPSA) is 63.1 Å². The summed E-state index contributed by atoms with van der Waals surface area (Å²) in [7, 11) is 3.50. The second kappa shape index (κ2) is 11.2. The van der Waals surface area contributed by atoms with Crippen molar-refractivity contribution in [2.75, 3.05) is 40.3 Å². The number of rotatable bonds is 10. The lowest BCUT2D eigenvalue weighted by atomic mass is 9.98. The number of likely N-dealkylation sites (N-methyl/N-ethyl adjacent to an activating group) is 2. The largest absolute Gasteiger partial charge is 0.497 e. The summed E-state index contributed by atoms with van der Waals surface area (Å²) < 4.78 is 5.24. The minimum Gasteiger partial charge on any atom is -0.497 e. The molecule has 0 aliphatic carbocycles. The molecule has 0 aliphatic heterocycles. The summed E-state index contributed by atoms with van der Waals surface area (Å²) in [4.78, 5) is 27.7. The summed E-state index contributed by atoms with van der Waals surface area (Å²) in [6.45, 7) is 5.82. The van der Waals surface area contributed by atoms with Gasteiger partial charge in [-0.15, -0.1) is 0 Å². The van der Waals surface area contributed by atoms with Gasteiger partial charge in [-0.05, 0) is 37.1 Å². The summed E-state index contributed by atoms with van der Waals surface area (Å²) in [5.41, 5.74) is 1.98. The van der Waals surface area contributed by atoms with Crippen LogP contribution in [0.4, 0.5) is 0 Å². The van der Waals surface area contributed by atoms with Gasteiger partial charge in [0.25, 0.3) is 11.8 Å². The maximum absolute atomic E-state index is 12.7. The van der Waals surface area contributed by atoms with Gasteiger partial charge in [0.15, 0.2) is 13.1 Å². The molecule has 29 heavy (non-hydrogen) atoms. The highest BCUT2D eigenvalue weighted by atomic mass is 16.5. The number of nitrogens with one attached hydrogen (secondary N) is 2. The van der Waals surface area contributed by atoms with E-state index in [1.807, 2.05) is 75.5 Å². The second-order valence-electron chi connectivity index (χ2n) is 7.06. The molecule has 6 heteroatoms. The standard InChI is InChI=1S/C23H31N3O3/c1-5-26(6-2)22(28)17-25(3)16-21(27)24-23(18-10-8-7-9-11-18)19-12-14-20(29-4)15-13-19/h7-15,23H,5-6,16-17H2,1-4H3,(H,24,27)/p+1/t23-/m1/s1. The molecule has 0 aromatic heterocycles. The first-order chi connectivity index (χ1) is 14.0. The van der Waals surface area contributed by atoms with Crippen molar-refractivity contribution in [3.05, 3.63) is 65.7 Å². The molecule has 0 heterocycles. The van der Waals surface area contributed by atoms with E-state index in [0.717, 1.165) is 21.8 Å². The van der Waals surface area contributed by atoms with Crippen molar-refractivity contribution in [3.63, 3.8) is 0 Å². The first-order valence-corrected chi connectivity index (χ1v) is 10.1. The molecule has 2 aromatic carbocycles. The molecule has 2 rings (SSSR count). The van der Waals surface area contributed by atoms with E-state index in [9.17, 15) is 9.59 Å². The van der Waals surface area contributed by atoms with E-state index < -0.39 is 0 Å². The van der Waals surface area contributed by atoms with E-state index in [4.69, 9.17) is 4.74 Å². The molecule has 0 saturated carbocycles. The normalized spacial score (nSPS) is 12.7. The van der Waals surface area contributed by atoms with E-state index in [-0.39, 0.29) is 24.4 Å². The van der Waals surface area contributed by atoms with Crippen LogP contribution in [0.3, 0.4) is 0 Å². The van der Waals surface area contributed by atoms with Crippen molar-refractivity contribution in [2.24, 2.45) is 0 Å². The Morgan fingerprint density at radius 2 is 1.55 bits per heavy atom. The maximum atomic E-state index is 12.7. The van der Waals surface area contributed by atoms with Crippen molar-refractivity contribution >= 4 is 11.8 Å². The molecule has 1 unspecified atom stereocenters. The third kappa shape index (κ3) is 6.61. The van der Waals surface area contributed by atoms with Gasteiger partial charge in [-0.3, -0.25) is 9.59 Å². The fourth-order valence-corrected chi connectivity index (χ4v) is 3.30. The van der Waals surface area contributed by atoms with Gasteiger partial charge >= 0.3 is 0 Å². The fourth-order valence-electron chi connectivity index (χ4n) is 3.30.